The Labute approximate surface area is 147 Å². The van der Waals surface area contributed by atoms with Gasteiger partial charge in [0.25, 0.3) is 0 Å². The van der Waals surface area contributed by atoms with E-state index in [0.717, 1.165) is 15.6 Å². The summed E-state index contributed by atoms with van der Waals surface area (Å²) in [7, 11) is 0. The molecule has 3 nitrogen and oxygen atoms in total. The SMILES string of the molecule is O=C(CSc1ncccn1)c1ccc(-c2ccc(Br)cc2)cc1. The fraction of sp³-hybridized carbons (Fsp3) is 0.0556. The average molecular weight is 385 g/mol. The normalized spacial score (nSPS) is 10.5. The summed E-state index contributed by atoms with van der Waals surface area (Å²) in [5.74, 6) is 0.409. The van der Waals surface area contributed by atoms with Gasteiger partial charge >= 0.3 is 0 Å². The minimum Gasteiger partial charge on any atom is -0.293 e. The molecule has 0 N–H and O–H groups in total. The van der Waals surface area contributed by atoms with Crippen LogP contribution >= 0.6 is 27.7 Å². The zero-order chi connectivity index (χ0) is 16.1. The molecule has 3 rings (SSSR count). The Balaban J connectivity index is 1.67. The number of nitrogens with zero attached hydrogens (tertiary/aromatic N) is 2. The fourth-order valence-electron chi connectivity index (χ4n) is 2.06. The predicted octanol–water partition coefficient (Wildman–Crippen LogP) is 4.88. The number of benzene rings is 2. The lowest BCUT2D eigenvalue weighted by Gasteiger charge is -2.04. The summed E-state index contributed by atoms with van der Waals surface area (Å²) < 4.78 is 1.05. The second kappa shape index (κ2) is 7.53. The lowest BCUT2D eigenvalue weighted by Crippen LogP contribution is -2.02. The highest BCUT2D eigenvalue weighted by atomic mass is 79.9. The van der Waals surface area contributed by atoms with Crippen molar-refractivity contribution < 1.29 is 4.79 Å². The smallest absolute Gasteiger partial charge is 0.187 e. The molecular formula is C18H13BrN2OS. The van der Waals surface area contributed by atoms with Crippen LogP contribution in [0.15, 0.2) is 76.6 Å². The number of hydrogen-bond donors (Lipinski definition) is 0. The van der Waals surface area contributed by atoms with Crippen molar-refractivity contribution in [1.82, 2.24) is 9.97 Å². The first-order valence-electron chi connectivity index (χ1n) is 7.01. The number of thioether (sulfide) groups is 1. The molecule has 0 saturated heterocycles. The molecule has 23 heavy (non-hydrogen) atoms. The van der Waals surface area contributed by atoms with Crippen molar-refractivity contribution in [3.05, 3.63) is 77.0 Å². The number of aromatic nitrogens is 2. The molecule has 0 saturated carbocycles. The molecule has 0 fully saturated rings. The van der Waals surface area contributed by atoms with Gasteiger partial charge in [0.2, 0.25) is 0 Å². The number of halogens is 1. The first-order chi connectivity index (χ1) is 11.2. The molecule has 0 aliphatic rings. The number of rotatable bonds is 5. The van der Waals surface area contributed by atoms with Crippen LogP contribution in [0, 0.1) is 0 Å². The van der Waals surface area contributed by atoms with Crippen LogP contribution in [0.3, 0.4) is 0 Å². The second-order valence-corrected chi connectivity index (χ2v) is 6.69. The first kappa shape index (κ1) is 15.9. The van der Waals surface area contributed by atoms with Gasteiger partial charge in [-0.15, -0.1) is 0 Å². The molecule has 0 atom stereocenters. The molecule has 0 spiro atoms. The van der Waals surface area contributed by atoms with Gasteiger partial charge < -0.3 is 0 Å². The van der Waals surface area contributed by atoms with Gasteiger partial charge in [-0.2, -0.15) is 0 Å². The van der Waals surface area contributed by atoms with Crippen molar-refractivity contribution in [3.63, 3.8) is 0 Å². The Hall–Kier alpha value is -1.98. The zero-order valence-corrected chi connectivity index (χ0v) is 14.5. The Morgan fingerprint density at radius 1 is 0.913 bits per heavy atom. The van der Waals surface area contributed by atoms with E-state index in [2.05, 4.69) is 25.9 Å². The maximum atomic E-state index is 12.2. The third-order valence-corrected chi connectivity index (χ3v) is 4.66. The van der Waals surface area contributed by atoms with E-state index >= 15 is 0 Å². The van der Waals surface area contributed by atoms with E-state index in [1.54, 1.807) is 18.5 Å². The Morgan fingerprint density at radius 2 is 1.48 bits per heavy atom. The maximum Gasteiger partial charge on any atom is 0.187 e. The minimum absolute atomic E-state index is 0.0739. The third kappa shape index (κ3) is 4.27. The summed E-state index contributed by atoms with van der Waals surface area (Å²) in [6, 6.07) is 17.5. The lowest BCUT2D eigenvalue weighted by atomic mass is 10.0. The summed E-state index contributed by atoms with van der Waals surface area (Å²) in [6.07, 6.45) is 3.35. The summed E-state index contributed by atoms with van der Waals surface area (Å²) in [4.78, 5) is 20.4. The van der Waals surface area contributed by atoms with Gasteiger partial charge in [-0.1, -0.05) is 64.1 Å². The van der Waals surface area contributed by atoms with E-state index in [1.165, 1.54) is 11.8 Å². The van der Waals surface area contributed by atoms with Crippen LogP contribution in [-0.4, -0.2) is 21.5 Å². The summed E-state index contributed by atoms with van der Waals surface area (Å²) in [6.45, 7) is 0. The largest absolute Gasteiger partial charge is 0.293 e. The zero-order valence-electron chi connectivity index (χ0n) is 12.1. The molecular weight excluding hydrogens is 372 g/mol. The van der Waals surface area contributed by atoms with Crippen LogP contribution in [0.5, 0.6) is 0 Å². The van der Waals surface area contributed by atoms with Crippen LogP contribution in [0.25, 0.3) is 11.1 Å². The molecule has 0 unspecified atom stereocenters. The molecule has 0 aliphatic heterocycles. The Kier molecular flexibility index (Phi) is 5.20. The highest BCUT2D eigenvalue weighted by Gasteiger charge is 2.08. The van der Waals surface area contributed by atoms with E-state index < -0.39 is 0 Å². The molecule has 1 aromatic heterocycles. The fourth-order valence-corrected chi connectivity index (χ4v) is 3.03. The van der Waals surface area contributed by atoms with Gasteiger partial charge in [-0.05, 0) is 29.3 Å². The highest BCUT2D eigenvalue weighted by molar-refractivity contribution is 9.10. The molecule has 3 aromatic rings. The van der Waals surface area contributed by atoms with Gasteiger partial charge in [0.1, 0.15) is 0 Å². The molecule has 5 heteroatoms. The Bertz CT molecular complexity index is 790. The van der Waals surface area contributed by atoms with E-state index in [0.29, 0.717) is 16.5 Å². The number of ketones is 1. The van der Waals surface area contributed by atoms with Crippen LogP contribution in [0.2, 0.25) is 0 Å². The number of Topliss-reactive ketones (excluding diaryl/α,β-unsaturated/α-hetero) is 1. The number of carbonyl (C=O) groups excluding carboxylic acids is 1. The van der Waals surface area contributed by atoms with Gasteiger partial charge in [0.05, 0.1) is 5.75 Å². The third-order valence-electron chi connectivity index (χ3n) is 3.26. The molecule has 0 amide bonds. The van der Waals surface area contributed by atoms with Crippen LogP contribution in [-0.2, 0) is 0 Å². The monoisotopic (exact) mass is 384 g/mol. The van der Waals surface area contributed by atoms with Gasteiger partial charge in [-0.25, -0.2) is 9.97 Å². The minimum atomic E-state index is 0.0739. The number of carbonyl (C=O) groups is 1. The molecule has 114 valence electrons. The highest BCUT2D eigenvalue weighted by Crippen LogP contribution is 2.23. The van der Waals surface area contributed by atoms with Crippen molar-refractivity contribution in [2.24, 2.45) is 0 Å². The van der Waals surface area contributed by atoms with E-state index in [1.807, 2.05) is 48.5 Å². The van der Waals surface area contributed by atoms with Crippen molar-refractivity contribution >= 4 is 33.5 Å². The first-order valence-corrected chi connectivity index (χ1v) is 8.79. The molecule has 1 heterocycles. The summed E-state index contributed by atoms with van der Waals surface area (Å²) in [5, 5.41) is 0.618. The molecule has 0 aliphatic carbocycles. The van der Waals surface area contributed by atoms with Crippen molar-refractivity contribution in [1.29, 1.82) is 0 Å². The average Bonchev–Trinajstić information content (AvgIpc) is 2.61. The van der Waals surface area contributed by atoms with Gasteiger partial charge in [0, 0.05) is 22.4 Å². The predicted molar refractivity (Wildman–Crippen MR) is 96.7 cm³/mol. The van der Waals surface area contributed by atoms with Gasteiger partial charge in [-0.3, -0.25) is 4.79 Å². The Morgan fingerprint density at radius 3 is 2.09 bits per heavy atom. The number of hydrogen-bond acceptors (Lipinski definition) is 4. The molecule has 0 radical (unpaired) electrons. The van der Waals surface area contributed by atoms with Crippen molar-refractivity contribution in [2.45, 2.75) is 5.16 Å². The summed E-state index contributed by atoms with van der Waals surface area (Å²) >= 11 is 4.78. The summed E-state index contributed by atoms with van der Waals surface area (Å²) in [5.41, 5.74) is 2.92. The standard InChI is InChI=1S/C18H13BrN2OS/c19-16-8-6-14(7-9-16)13-2-4-15(5-3-13)17(22)12-23-18-20-10-1-11-21-18/h1-11H,12H2. The van der Waals surface area contributed by atoms with Crippen LogP contribution in [0.1, 0.15) is 10.4 Å². The van der Waals surface area contributed by atoms with Crippen LogP contribution < -0.4 is 0 Å². The maximum absolute atomic E-state index is 12.2. The second-order valence-electron chi connectivity index (χ2n) is 4.83. The van der Waals surface area contributed by atoms with Gasteiger partial charge in [0.15, 0.2) is 10.9 Å². The van der Waals surface area contributed by atoms with Crippen molar-refractivity contribution in [3.8, 4) is 11.1 Å². The van der Waals surface area contributed by atoms with E-state index in [-0.39, 0.29) is 5.78 Å². The van der Waals surface area contributed by atoms with E-state index in [9.17, 15) is 4.79 Å². The molecule has 2 aromatic carbocycles. The topological polar surface area (TPSA) is 42.9 Å². The van der Waals surface area contributed by atoms with Crippen LogP contribution in [0.4, 0.5) is 0 Å². The quantitative estimate of drug-likeness (QED) is 0.357. The van der Waals surface area contributed by atoms with Crippen molar-refractivity contribution in [2.75, 3.05) is 5.75 Å². The molecule has 0 bridgehead atoms. The lowest BCUT2D eigenvalue weighted by molar-refractivity contribution is 0.102. The van der Waals surface area contributed by atoms with E-state index in [4.69, 9.17) is 0 Å².